The number of nitrogens with two attached hydrogens (primary N) is 1. The molecule has 2 aromatic rings. The Morgan fingerprint density at radius 2 is 1.95 bits per heavy atom. The van der Waals surface area contributed by atoms with Gasteiger partial charge in [-0.05, 0) is 18.9 Å². The number of hydrogen-bond donors (Lipinski definition) is 2. The van der Waals surface area contributed by atoms with Gasteiger partial charge in [0.2, 0.25) is 0 Å². The summed E-state index contributed by atoms with van der Waals surface area (Å²) in [4.78, 5) is 7.32. The lowest BCUT2D eigenvalue weighted by atomic mass is 9.97. The highest BCUT2D eigenvalue weighted by molar-refractivity contribution is 5.85. The van der Waals surface area contributed by atoms with Crippen LogP contribution in [0.5, 0.6) is 0 Å². The number of nitrogens with zero attached hydrogens (tertiary/aromatic N) is 1. The van der Waals surface area contributed by atoms with Gasteiger partial charge < -0.3 is 10.7 Å². The average Bonchev–Trinajstić information content (AvgIpc) is 2.80. The molecule has 21 heavy (non-hydrogen) atoms. The predicted molar refractivity (Wildman–Crippen MR) is 76.3 cm³/mol. The number of aromatic nitrogens is 2. The molecule has 1 aliphatic carbocycles. The van der Waals surface area contributed by atoms with Gasteiger partial charge in [-0.15, -0.1) is 12.4 Å². The zero-order valence-corrected chi connectivity index (χ0v) is 11.9. The summed E-state index contributed by atoms with van der Waals surface area (Å²) in [5, 5.41) is 0. The lowest BCUT2D eigenvalue weighted by Gasteiger charge is -2.15. The second kappa shape index (κ2) is 5.69. The molecule has 1 unspecified atom stereocenters. The molecule has 0 amide bonds. The van der Waals surface area contributed by atoms with E-state index in [1.807, 2.05) is 0 Å². The van der Waals surface area contributed by atoms with E-state index in [9.17, 15) is 13.2 Å². The highest BCUT2D eigenvalue weighted by Gasteiger charge is 2.34. The van der Waals surface area contributed by atoms with Crippen molar-refractivity contribution in [2.45, 2.75) is 31.5 Å². The van der Waals surface area contributed by atoms with Gasteiger partial charge in [-0.25, -0.2) is 4.98 Å². The van der Waals surface area contributed by atoms with Gasteiger partial charge in [0.25, 0.3) is 0 Å². The van der Waals surface area contributed by atoms with E-state index in [2.05, 4.69) is 9.97 Å². The van der Waals surface area contributed by atoms with Crippen molar-refractivity contribution in [3.8, 4) is 11.4 Å². The van der Waals surface area contributed by atoms with E-state index in [0.717, 1.165) is 23.9 Å². The van der Waals surface area contributed by atoms with Crippen molar-refractivity contribution in [2.24, 2.45) is 5.73 Å². The number of rotatable bonds is 1. The number of benzene rings is 1. The third-order valence-corrected chi connectivity index (χ3v) is 3.57. The van der Waals surface area contributed by atoms with E-state index >= 15 is 0 Å². The molecular weight excluding hydrogens is 303 g/mol. The second-order valence-electron chi connectivity index (χ2n) is 5.06. The summed E-state index contributed by atoms with van der Waals surface area (Å²) in [6.45, 7) is 0. The van der Waals surface area contributed by atoms with Crippen LogP contribution >= 0.6 is 12.4 Å². The number of imidazole rings is 1. The molecule has 1 aromatic carbocycles. The molecule has 0 fully saturated rings. The van der Waals surface area contributed by atoms with Crippen LogP contribution in [0.15, 0.2) is 24.3 Å². The van der Waals surface area contributed by atoms with Crippen molar-refractivity contribution < 1.29 is 13.2 Å². The van der Waals surface area contributed by atoms with Gasteiger partial charge in [0.1, 0.15) is 5.82 Å². The number of halogens is 4. The summed E-state index contributed by atoms with van der Waals surface area (Å²) < 4.78 is 39.1. The van der Waals surface area contributed by atoms with Crippen molar-refractivity contribution in [3.63, 3.8) is 0 Å². The minimum Gasteiger partial charge on any atom is -0.342 e. The highest BCUT2D eigenvalue weighted by atomic mass is 35.5. The van der Waals surface area contributed by atoms with Gasteiger partial charge in [0, 0.05) is 23.7 Å². The van der Waals surface area contributed by atoms with Crippen LogP contribution in [0.2, 0.25) is 0 Å². The lowest BCUT2D eigenvalue weighted by Crippen LogP contribution is -2.27. The van der Waals surface area contributed by atoms with E-state index < -0.39 is 11.7 Å². The summed E-state index contributed by atoms with van der Waals surface area (Å²) in [5.41, 5.74) is 6.97. The van der Waals surface area contributed by atoms with Crippen molar-refractivity contribution in [1.29, 1.82) is 0 Å². The fourth-order valence-corrected chi connectivity index (χ4v) is 2.57. The Morgan fingerprint density at radius 1 is 1.24 bits per heavy atom. The van der Waals surface area contributed by atoms with Crippen LogP contribution in [0, 0.1) is 0 Å². The topological polar surface area (TPSA) is 54.7 Å². The molecule has 0 radical (unpaired) electrons. The lowest BCUT2D eigenvalue weighted by molar-refractivity contribution is -0.137. The number of alkyl halides is 3. The minimum absolute atomic E-state index is 0. The number of hydrogen-bond acceptors (Lipinski definition) is 2. The fraction of sp³-hybridized carbons (Fsp3) is 0.357. The van der Waals surface area contributed by atoms with Crippen LogP contribution in [0.4, 0.5) is 13.2 Å². The van der Waals surface area contributed by atoms with Gasteiger partial charge in [-0.1, -0.05) is 18.2 Å². The van der Waals surface area contributed by atoms with E-state index in [1.54, 1.807) is 6.07 Å². The standard InChI is InChI=1S/C14H14F3N3.ClH/c15-14(16,17)10-4-2-1-3-9(10)13-19-11-6-5-8(18)7-12(11)20-13;/h1-4,8H,5-7,18H2,(H,19,20);1H. The number of H-pyrrole nitrogens is 1. The number of aryl methyl sites for hydroxylation is 1. The van der Waals surface area contributed by atoms with Crippen LogP contribution < -0.4 is 5.73 Å². The third-order valence-electron chi connectivity index (χ3n) is 3.57. The Kier molecular flexibility index (Phi) is 4.30. The van der Waals surface area contributed by atoms with E-state index in [0.29, 0.717) is 12.8 Å². The Labute approximate surface area is 126 Å². The Bertz CT molecular complexity index is 637. The highest BCUT2D eigenvalue weighted by Crippen LogP contribution is 2.36. The van der Waals surface area contributed by atoms with E-state index in [4.69, 9.17) is 5.73 Å². The van der Waals surface area contributed by atoms with Crippen LogP contribution in [0.3, 0.4) is 0 Å². The smallest absolute Gasteiger partial charge is 0.342 e. The first kappa shape index (κ1) is 15.9. The monoisotopic (exact) mass is 317 g/mol. The second-order valence-corrected chi connectivity index (χ2v) is 5.06. The zero-order valence-electron chi connectivity index (χ0n) is 11.1. The van der Waals surface area contributed by atoms with Gasteiger partial charge in [0.15, 0.2) is 0 Å². The molecule has 1 atom stereocenters. The molecule has 0 aliphatic heterocycles. The van der Waals surface area contributed by atoms with Gasteiger partial charge in [-0.2, -0.15) is 13.2 Å². The predicted octanol–water partition coefficient (Wildman–Crippen LogP) is 3.33. The minimum atomic E-state index is -4.39. The van der Waals surface area contributed by atoms with Crippen molar-refractivity contribution in [2.75, 3.05) is 0 Å². The Morgan fingerprint density at radius 3 is 2.67 bits per heavy atom. The number of aromatic amines is 1. The molecule has 114 valence electrons. The largest absolute Gasteiger partial charge is 0.417 e. The molecule has 1 aromatic heterocycles. The molecule has 0 spiro atoms. The van der Waals surface area contributed by atoms with Crippen LogP contribution in [-0.2, 0) is 19.0 Å². The summed E-state index contributed by atoms with van der Waals surface area (Å²) >= 11 is 0. The normalized spacial score (nSPS) is 18.0. The summed E-state index contributed by atoms with van der Waals surface area (Å²) in [6.07, 6.45) is -2.23. The van der Waals surface area contributed by atoms with Crippen LogP contribution in [0.1, 0.15) is 23.4 Å². The maximum absolute atomic E-state index is 13.0. The van der Waals surface area contributed by atoms with Gasteiger partial charge in [-0.3, -0.25) is 0 Å². The summed E-state index contributed by atoms with van der Waals surface area (Å²) in [7, 11) is 0. The molecule has 0 bridgehead atoms. The number of nitrogens with one attached hydrogen (secondary N) is 1. The molecule has 0 saturated heterocycles. The zero-order chi connectivity index (χ0) is 14.3. The first-order valence-electron chi connectivity index (χ1n) is 6.45. The van der Waals surface area contributed by atoms with Crippen LogP contribution in [-0.4, -0.2) is 16.0 Å². The molecular formula is C14H15ClF3N3. The molecule has 1 heterocycles. The average molecular weight is 318 g/mol. The first-order chi connectivity index (χ1) is 9.45. The Balaban J connectivity index is 0.00000161. The molecule has 7 heteroatoms. The first-order valence-corrected chi connectivity index (χ1v) is 6.45. The number of fused-ring (bicyclic) bond motifs is 1. The molecule has 0 saturated carbocycles. The Hall–Kier alpha value is -1.53. The fourth-order valence-electron chi connectivity index (χ4n) is 2.57. The van der Waals surface area contributed by atoms with Crippen molar-refractivity contribution in [1.82, 2.24) is 9.97 Å². The molecule has 3 N–H and O–H groups in total. The van der Waals surface area contributed by atoms with E-state index in [-0.39, 0.29) is 29.8 Å². The van der Waals surface area contributed by atoms with Crippen molar-refractivity contribution >= 4 is 12.4 Å². The quantitative estimate of drug-likeness (QED) is 0.847. The van der Waals surface area contributed by atoms with Gasteiger partial charge >= 0.3 is 6.18 Å². The molecule has 3 rings (SSSR count). The van der Waals surface area contributed by atoms with E-state index in [1.165, 1.54) is 12.1 Å². The summed E-state index contributed by atoms with van der Waals surface area (Å²) in [5.74, 6) is 0.275. The molecule has 1 aliphatic rings. The van der Waals surface area contributed by atoms with Gasteiger partial charge in [0.05, 0.1) is 11.3 Å². The summed E-state index contributed by atoms with van der Waals surface area (Å²) in [6, 6.07) is 5.52. The van der Waals surface area contributed by atoms with Crippen LogP contribution in [0.25, 0.3) is 11.4 Å². The maximum atomic E-state index is 13.0. The SMILES string of the molecule is Cl.NC1CCc2nc(-c3ccccc3C(F)(F)F)[nH]c2C1. The third kappa shape index (κ3) is 3.06. The van der Waals surface area contributed by atoms with Crippen molar-refractivity contribution in [3.05, 3.63) is 41.2 Å². The maximum Gasteiger partial charge on any atom is 0.417 e. The molecule has 3 nitrogen and oxygen atoms in total.